The van der Waals surface area contributed by atoms with Crippen LogP contribution in [0.1, 0.15) is 44.8 Å². The van der Waals surface area contributed by atoms with Gasteiger partial charge in [0.25, 0.3) is 0 Å². The highest BCUT2D eigenvalue weighted by molar-refractivity contribution is 5.16. The quantitative estimate of drug-likeness (QED) is 0.869. The van der Waals surface area contributed by atoms with E-state index >= 15 is 0 Å². The van der Waals surface area contributed by atoms with Crippen LogP contribution in [0.25, 0.3) is 0 Å². The number of hydrogen-bond acceptors (Lipinski definition) is 2. The fourth-order valence-corrected chi connectivity index (χ4v) is 2.57. The Balaban J connectivity index is 1.96. The van der Waals surface area contributed by atoms with Gasteiger partial charge in [-0.15, -0.1) is 0 Å². The maximum Gasteiger partial charge on any atom is 0.0800 e. The van der Waals surface area contributed by atoms with Crippen molar-refractivity contribution in [2.45, 2.75) is 51.4 Å². The third kappa shape index (κ3) is 3.30. The Bertz CT molecular complexity index is 338. The molecule has 1 aromatic rings. The number of ether oxygens (including phenoxy) is 1. The van der Waals surface area contributed by atoms with E-state index in [4.69, 9.17) is 10.5 Å². The molecule has 2 rings (SSSR count). The van der Waals surface area contributed by atoms with E-state index in [1.807, 2.05) is 6.07 Å². The zero-order valence-electron chi connectivity index (χ0n) is 10.8. The maximum absolute atomic E-state index is 6.18. The summed E-state index contributed by atoms with van der Waals surface area (Å²) in [5, 5.41) is 0. The molecule has 0 radical (unpaired) electrons. The molecule has 94 valence electrons. The second-order valence-electron chi connectivity index (χ2n) is 5.28. The molecule has 1 fully saturated rings. The van der Waals surface area contributed by atoms with Gasteiger partial charge in [0, 0.05) is 6.04 Å². The summed E-state index contributed by atoms with van der Waals surface area (Å²) < 4.78 is 6.18. The summed E-state index contributed by atoms with van der Waals surface area (Å²) in [7, 11) is 0. The monoisotopic (exact) mass is 233 g/mol. The van der Waals surface area contributed by atoms with Crippen molar-refractivity contribution in [3.63, 3.8) is 0 Å². The van der Waals surface area contributed by atoms with Gasteiger partial charge in [-0.1, -0.05) is 37.3 Å². The first-order chi connectivity index (χ1) is 8.16. The van der Waals surface area contributed by atoms with Gasteiger partial charge in [-0.2, -0.15) is 0 Å². The van der Waals surface area contributed by atoms with E-state index in [0.717, 1.165) is 12.8 Å². The third-order valence-electron chi connectivity index (χ3n) is 3.81. The van der Waals surface area contributed by atoms with Gasteiger partial charge in [-0.05, 0) is 37.7 Å². The van der Waals surface area contributed by atoms with Crippen LogP contribution in [-0.4, -0.2) is 12.1 Å². The van der Waals surface area contributed by atoms with E-state index in [2.05, 4.69) is 38.1 Å². The molecule has 1 saturated carbocycles. The molecule has 0 aromatic heterocycles. The van der Waals surface area contributed by atoms with Gasteiger partial charge in [0.2, 0.25) is 0 Å². The smallest absolute Gasteiger partial charge is 0.0800 e. The van der Waals surface area contributed by atoms with Crippen molar-refractivity contribution in [1.29, 1.82) is 0 Å². The number of rotatable bonds is 3. The standard InChI is InChI=1S/C15H23NO/c1-11-8-9-14(16)10-15(11)17-12(2)13-6-4-3-5-7-13/h3-7,11-12,14-15H,8-10,16H2,1-2H3/t11-,12?,14?,15?/m0/s1. The molecule has 3 unspecified atom stereocenters. The first-order valence-corrected chi connectivity index (χ1v) is 6.63. The molecule has 17 heavy (non-hydrogen) atoms. The lowest BCUT2D eigenvalue weighted by Crippen LogP contribution is -2.37. The van der Waals surface area contributed by atoms with Crippen molar-refractivity contribution in [2.75, 3.05) is 0 Å². The molecule has 2 heteroatoms. The van der Waals surface area contributed by atoms with E-state index in [1.54, 1.807) is 0 Å². The van der Waals surface area contributed by atoms with Crippen LogP contribution in [0.3, 0.4) is 0 Å². The Kier molecular flexibility index (Phi) is 4.19. The van der Waals surface area contributed by atoms with Gasteiger partial charge in [0.05, 0.1) is 12.2 Å². The van der Waals surface area contributed by atoms with Crippen molar-refractivity contribution < 1.29 is 4.74 Å². The SMILES string of the molecule is CC(OC1CC(N)CC[C@@H]1C)c1ccccc1. The molecule has 1 aliphatic carbocycles. The predicted octanol–water partition coefficient (Wildman–Crippen LogP) is 3.28. The predicted molar refractivity (Wildman–Crippen MR) is 70.7 cm³/mol. The minimum atomic E-state index is 0.161. The van der Waals surface area contributed by atoms with Crippen LogP contribution in [0, 0.1) is 5.92 Å². The van der Waals surface area contributed by atoms with Crippen molar-refractivity contribution in [2.24, 2.45) is 11.7 Å². The second kappa shape index (κ2) is 5.65. The minimum absolute atomic E-state index is 0.161. The Morgan fingerprint density at radius 3 is 2.65 bits per heavy atom. The average molecular weight is 233 g/mol. The summed E-state index contributed by atoms with van der Waals surface area (Å²) in [4.78, 5) is 0. The summed E-state index contributed by atoms with van der Waals surface area (Å²) >= 11 is 0. The average Bonchev–Trinajstić information content (AvgIpc) is 2.35. The van der Waals surface area contributed by atoms with E-state index in [-0.39, 0.29) is 6.10 Å². The third-order valence-corrected chi connectivity index (χ3v) is 3.81. The first-order valence-electron chi connectivity index (χ1n) is 6.63. The highest BCUT2D eigenvalue weighted by Crippen LogP contribution is 2.30. The zero-order chi connectivity index (χ0) is 12.3. The molecular weight excluding hydrogens is 210 g/mol. The second-order valence-corrected chi connectivity index (χ2v) is 5.28. The molecule has 1 aliphatic rings. The fourth-order valence-electron chi connectivity index (χ4n) is 2.57. The normalized spacial score (nSPS) is 31.1. The molecule has 1 aromatic carbocycles. The molecule has 2 nitrogen and oxygen atoms in total. The Labute approximate surface area is 104 Å². The van der Waals surface area contributed by atoms with Crippen molar-refractivity contribution >= 4 is 0 Å². The highest BCUT2D eigenvalue weighted by Gasteiger charge is 2.27. The van der Waals surface area contributed by atoms with E-state index in [1.165, 1.54) is 12.0 Å². The summed E-state index contributed by atoms with van der Waals surface area (Å²) in [6.07, 6.45) is 3.80. The number of nitrogens with two attached hydrogens (primary N) is 1. The molecule has 0 bridgehead atoms. The lowest BCUT2D eigenvalue weighted by atomic mass is 9.85. The van der Waals surface area contributed by atoms with Crippen LogP contribution < -0.4 is 5.73 Å². The van der Waals surface area contributed by atoms with Crippen molar-refractivity contribution in [3.8, 4) is 0 Å². The largest absolute Gasteiger partial charge is 0.370 e. The first kappa shape index (κ1) is 12.6. The molecule has 0 spiro atoms. The van der Waals surface area contributed by atoms with Gasteiger partial charge in [-0.3, -0.25) is 0 Å². The Morgan fingerprint density at radius 1 is 1.24 bits per heavy atom. The summed E-state index contributed by atoms with van der Waals surface area (Å²) in [5.74, 6) is 0.626. The summed E-state index contributed by atoms with van der Waals surface area (Å²) in [6, 6.07) is 10.7. The van der Waals surface area contributed by atoms with E-state index in [9.17, 15) is 0 Å². The molecule has 4 atom stereocenters. The zero-order valence-corrected chi connectivity index (χ0v) is 10.8. The lowest BCUT2D eigenvalue weighted by molar-refractivity contribution is -0.0530. The highest BCUT2D eigenvalue weighted by atomic mass is 16.5. The van der Waals surface area contributed by atoms with Crippen molar-refractivity contribution in [1.82, 2.24) is 0 Å². The van der Waals surface area contributed by atoms with E-state index < -0.39 is 0 Å². The maximum atomic E-state index is 6.18. The van der Waals surface area contributed by atoms with Crippen LogP contribution in [0.2, 0.25) is 0 Å². The summed E-state index contributed by atoms with van der Waals surface area (Å²) in [5.41, 5.74) is 7.27. The molecule has 0 heterocycles. The number of hydrogen-bond donors (Lipinski definition) is 1. The molecular formula is C15H23NO. The Hall–Kier alpha value is -0.860. The van der Waals surface area contributed by atoms with Crippen LogP contribution in [0.15, 0.2) is 30.3 Å². The molecule has 0 amide bonds. The molecule has 0 aliphatic heterocycles. The molecule has 0 saturated heterocycles. The van der Waals surface area contributed by atoms with Crippen LogP contribution in [0.4, 0.5) is 0 Å². The van der Waals surface area contributed by atoms with Gasteiger partial charge >= 0.3 is 0 Å². The van der Waals surface area contributed by atoms with Crippen LogP contribution in [-0.2, 0) is 4.74 Å². The lowest BCUT2D eigenvalue weighted by Gasteiger charge is -2.34. The van der Waals surface area contributed by atoms with Gasteiger partial charge in [0.15, 0.2) is 0 Å². The van der Waals surface area contributed by atoms with Gasteiger partial charge < -0.3 is 10.5 Å². The molecule has 2 N–H and O–H groups in total. The topological polar surface area (TPSA) is 35.2 Å². The summed E-state index contributed by atoms with van der Waals surface area (Å²) in [6.45, 7) is 4.40. The van der Waals surface area contributed by atoms with Gasteiger partial charge in [0.1, 0.15) is 0 Å². The van der Waals surface area contributed by atoms with E-state index in [0.29, 0.717) is 18.1 Å². The fraction of sp³-hybridized carbons (Fsp3) is 0.600. The minimum Gasteiger partial charge on any atom is -0.370 e. The number of benzene rings is 1. The van der Waals surface area contributed by atoms with Crippen LogP contribution >= 0.6 is 0 Å². The Morgan fingerprint density at radius 2 is 1.94 bits per heavy atom. The van der Waals surface area contributed by atoms with Gasteiger partial charge in [-0.25, -0.2) is 0 Å². The van der Waals surface area contributed by atoms with Crippen LogP contribution in [0.5, 0.6) is 0 Å². The van der Waals surface area contributed by atoms with Crippen molar-refractivity contribution in [3.05, 3.63) is 35.9 Å².